The van der Waals surface area contributed by atoms with Gasteiger partial charge in [-0.3, -0.25) is 4.98 Å². The van der Waals surface area contributed by atoms with Crippen molar-refractivity contribution >= 4 is 0 Å². The van der Waals surface area contributed by atoms with Crippen LogP contribution in [-0.4, -0.2) is 41.2 Å². The van der Waals surface area contributed by atoms with Crippen LogP contribution in [0.3, 0.4) is 0 Å². The van der Waals surface area contributed by atoms with Crippen LogP contribution in [0.4, 0.5) is 0 Å². The summed E-state index contributed by atoms with van der Waals surface area (Å²) < 4.78 is 5.78. The number of rotatable bonds is 5. The molecule has 1 unspecified atom stereocenters. The van der Waals surface area contributed by atoms with Gasteiger partial charge < -0.3 is 14.7 Å². The molecule has 2 rings (SSSR count). The first-order chi connectivity index (χ1) is 9.20. The van der Waals surface area contributed by atoms with Gasteiger partial charge in [0, 0.05) is 11.7 Å². The molecule has 1 N–H and O–H groups in total. The lowest BCUT2D eigenvalue weighted by atomic mass is 10.0. The smallest absolute Gasteiger partial charge is 0.143 e. The molecule has 1 fully saturated rings. The molecule has 0 amide bonds. The van der Waals surface area contributed by atoms with Crippen molar-refractivity contribution in [3.8, 4) is 5.75 Å². The Morgan fingerprint density at radius 2 is 2.26 bits per heavy atom. The number of aliphatic hydroxyl groups is 1. The maximum Gasteiger partial charge on any atom is 0.143 e. The Morgan fingerprint density at radius 3 is 3.00 bits per heavy atom. The molecule has 106 valence electrons. The van der Waals surface area contributed by atoms with Crippen LogP contribution in [0.2, 0.25) is 0 Å². The number of ether oxygens (including phenoxy) is 1. The topological polar surface area (TPSA) is 45.6 Å². The van der Waals surface area contributed by atoms with Gasteiger partial charge in [0.25, 0.3) is 0 Å². The molecule has 0 saturated carbocycles. The molecule has 0 aromatic carbocycles. The Kier molecular flexibility index (Phi) is 5.16. The van der Waals surface area contributed by atoms with Gasteiger partial charge in [-0.2, -0.15) is 0 Å². The molecule has 0 spiro atoms. The van der Waals surface area contributed by atoms with Crippen LogP contribution in [0.5, 0.6) is 5.75 Å². The molecule has 1 aliphatic rings. The Morgan fingerprint density at radius 1 is 1.42 bits per heavy atom. The number of aliphatic hydroxyl groups excluding tert-OH is 1. The number of aryl methyl sites for hydroxylation is 1. The van der Waals surface area contributed by atoms with Gasteiger partial charge in [0.15, 0.2) is 0 Å². The molecule has 0 bridgehead atoms. The number of aromatic nitrogens is 1. The number of hydrogen-bond acceptors (Lipinski definition) is 4. The monoisotopic (exact) mass is 264 g/mol. The molecule has 1 aromatic rings. The highest BCUT2D eigenvalue weighted by atomic mass is 16.5. The average Bonchev–Trinajstić information content (AvgIpc) is 2.42. The van der Waals surface area contributed by atoms with Gasteiger partial charge in [0.05, 0.1) is 13.2 Å². The molecule has 4 nitrogen and oxygen atoms in total. The molecule has 19 heavy (non-hydrogen) atoms. The Labute approximate surface area is 115 Å². The van der Waals surface area contributed by atoms with Crippen molar-refractivity contribution in [2.24, 2.45) is 0 Å². The van der Waals surface area contributed by atoms with Gasteiger partial charge in [-0.25, -0.2) is 0 Å². The van der Waals surface area contributed by atoms with E-state index in [4.69, 9.17) is 4.74 Å². The molecule has 0 radical (unpaired) electrons. The summed E-state index contributed by atoms with van der Waals surface area (Å²) >= 11 is 0. The molecule has 1 aliphatic heterocycles. The van der Waals surface area contributed by atoms with Gasteiger partial charge in [-0.15, -0.1) is 0 Å². The number of hydrogen-bond donors (Lipinski definition) is 1. The van der Waals surface area contributed by atoms with Crippen molar-refractivity contribution in [1.29, 1.82) is 0 Å². The highest BCUT2D eigenvalue weighted by Gasteiger charge is 2.18. The number of likely N-dealkylation sites (tertiary alicyclic amines) is 1. The van der Waals surface area contributed by atoms with Crippen LogP contribution in [0.1, 0.15) is 37.1 Å². The lowest BCUT2D eigenvalue weighted by molar-refractivity contribution is 0.151. The van der Waals surface area contributed by atoms with Crippen molar-refractivity contribution in [2.45, 2.75) is 45.3 Å². The van der Waals surface area contributed by atoms with E-state index in [-0.39, 0.29) is 6.61 Å². The van der Waals surface area contributed by atoms with E-state index >= 15 is 0 Å². The third-order valence-corrected chi connectivity index (χ3v) is 3.85. The van der Waals surface area contributed by atoms with Crippen LogP contribution < -0.4 is 4.74 Å². The summed E-state index contributed by atoms with van der Waals surface area (Å²) in [6.45, 7) is 3.73. The fourth-order valence-electron chi connectivity index (χ4n) is 2.66. The van der Waals surface area contributed by atoms with Crippen molar-refractivity contribution in [2.75, 3.05) is 20.2 Å². The van der Waals surface area contributed by atoms with Gasteiger partial charge in [-0.1, -0.05) is 6.42 Å². The van der Waals surface area contributed by atoms with E-state index in [0.29, 0.717) is 24.1 Å². The third kappa shape index (κ3) is 3.91. The summed E-state index contributed by atoms with van der Waals surface area (Å²) in [5.41, 5.74) is 1.54. The predicted molar refractivity (Wildman–Crippen MR) is 75.3 cm³/mol. The van der Waals surface area contributed by atoms with Crippen LogP contribution >= 0.6 is 0 Å². The van der Waals surface area contributed by atoms with Crippen molar-refractivity contribution in [1.82, 2.24) is 9.88 Å². The molecular formula is C15H24N2O2. The van der Waals surface area contributed by atoms with Gasteiger partial charge in [0.1, 0.15) is 11.4 Å². The molecule has 1 saturated heterocycles. The normalized spacial score (nSPS) is 20.5. The molecule has 1 aromatic heterocycles. The standard InChI is InChI=1S/C15H24N2O2/c1-12-6-7-15(14(11-18)16-12)19-10-8-13-5-3-4-9-17(13)2/h6-7,13,18H,3-5,8-11H2,1-2H3. The van der Waals surface area contributed by atoms with E-state index in [1.165, 1.54) is 25.8 Å². The zero-order valence-corrected chi connectivity index (χ0v) is 11.9. The molecule has 4 heteroatoms. The zero-order chi connectivity index (χ0) is 13.7. The fraction of sp³-hybridized carbons (Fsp3) is 0.667. The molecular weight excluding hydrogens is 240 g/mol. The van der Waals surface area contributed by atoms with Gasteiger partial charge in [-0.05, 0) is 51.9 Å². The second kappa shape index (κ2) is 6.87. The van der Waals surface area contributed by atoms with E-state index in [1.54, 1.807) is 0 Å². The van der Waals surface area contributed by atoms with Crippen molar-refractivity contribution in [3.05, 3.63) is 23.5 Å². The largest absolute Gasteiger partial charge is 0.492 e. The van der Waals surface area contributed by atoms with Crippen LogP contribution in [0, 0.1) is 6.92 Å². The van der Waals surface area contributed by atoms with Crippen LogP contribution in [-0.2, 0) is 6.61 Å². The highest BCUT2D eigenvalue weighted by molar-refractivity contribution is 5.28. The molecule has 1 atom stereocenters. The van der Waals surface area contributed by atoms with E-state index in [2.05, 4.69) is 16.9 Å². The van der Waals surface area contributed by atoms with E-state index < -0.39 is 0 Å². The molecule has 2 heterocycles. The maximum atomic E-state index is 9.28. The zero-order valence-electron chi connectivity index (χ0n) is 11.9. The average molecular weight is 264 g/mol. The summed E-state index contributed by atoms with van der Waals surface area (Å²) in [7, 11) is 2.19. The Bertz CT molecular complexity index is 409. The minimum Gasteiger partial charge on any atom is -0.492 e. The quantitative estimate of drug-likeness (QED) is 0.885. The van der Waals surface area contributed by atoms with Crippen LogP contribution in [0.25, 0.3) is 0 Å². The van der Waals surface area contributed by atoms with E-state index in [9.17, 15) is 5.11 Å². The van der Waals surface area contributed by atoms with E-state index in [1.807, 2.05) is 19.1 Å². The molecule has 0 aliphatic carbocycles. The van der Waals surface area contributed by atoms with Crippen molar-refractivity contribution < 1.29 is 9.84 Å². The summed E-state index contributed by atoms with van der Waals surface area (Å²) in [6.07, 6.45) is 4.93. The minimum atomic E-state index is -0.0691. The summed E-state index contributed by atoms with van der Waals surface area (Å²) in [5.74, 6) is 0.714. The fourth-order valence-corrected chi connectivity index (χ4v) is 2.66. The second-order valence-corrected chi connectivity index (χ2v) is 5.32. The van der Waals surface area contributed by atoms with E-state index in [0.717, 1.165) is 12.1 Å². The summed E-state index contributed by atoms with van der Waals surface area (Å²) in [6, 6.07) is 4.45. The minimum absolute atomic E-state index is 0.0691. The third-order valence-electron chi connectivity index (χ3n) is 3.85. The first-order valence-electron chi connectivity index (χ1n) is 7.11. The number of pyridine rings is 1. The Balaban J connectivity index is 1.85. The summed E-state index contributed by atoms with van der Waals surface area (Å²) in [5, 5.41) is 9.28. The Hall–Kier alpha value is -1.13. The van der Waals surface area contributed by atoms with Gasteiger partial charge >= 0.3 is 0 Å². The van der Waals surface area contributed by atoms with Gasteiger partial charge in [0.2, 0.25) is 0 Å². The first-order valence-corrected chi connectivity index (χ1v) is 7.11. The van der Waals surface area contributed by atoms with Crippen molar-refractivity contribution in [3.63, 3.8) is 0 Å². The lowest BCUT2D eigenvalue weighted by Gasteiger charge is -2.32. The highest BCUT2D eigenvalue weighted by Crippen LogP contribution is 2.20. The number of piperidine rings is 1. The summed E-state index contributed by atoms with van der Waals surface area (Å²) in [4.78, 5) is 6.71. The maximum absolute atomic E-state index is 9.28. The van der Waals surface area contributed by atoms with Crippen LogP contribution in [0.15, 0.2) is 12.1 Å². The second-order valence-electron chi connectivity index (χ2n) is 5.32. The lowest BCUT2D eigenvalue weighted by Crippen LogP contribution is -2.37. The first kappa shape index (κ1) is 14.3. The SMILES string of the molecule is Cc1ccc(OCCC2CCCCN2C)c(CO)n1. The number of nitrogens with zero attached hydrogens (tertiary/aromatic N) is 2. The predicted octanol–water partition coefficient (Wildman–Crippen LogP) is 2.14.